The van der Waals surface area contributed by atoms with Gasteiger partial charge in [0.1, 0.15) is 0 Å². The van der Waals surface area contributed by atoms with Crippen molar-refractivity contribution in [2.45, 2.75) is 20.8 Å². The Morgan fingerprint density at radius 3 is 1.83 bits per heavy atom. The van der Waals surface area contributed by atoms with Crippen LogP contribution in [0.1, 0.15) is 20.8 Å². The van der Waals surface area contributed by atoms with Gasteiger partial charge in [0.25, 0.3) is 0 Å². The van der Waals surface area contributed by atoms with Crippen molar-refractivity contribution in [2.75, 3.05) is 0 Å². The van der Waals surface area contributed by atoms with Gasteiger partial charge >= 0.3 is 0 Å². The maximum absolute atomic E-state index is 2.43. The molecular weight excluding hydrogens is 144 g/mol. The lowest BCUT2D eigenvalue weighted by Gasteiger charge is -2.10. The Morgan fingerprint density at radius 1 is 0.917 bits per heavy atom. The Bertz CT molecular complexity index is 202. The summed E-state index contributed by atoms with van der Waals surface area (Å²) < 4.78 is 0. The van der Waals surface area contributed by atoms with Crippen LogP contribution in [0.3, 0.4) is 0 Å². The molecule has 0 aromatic heterocycles. The summed E-state index contributed by atoms with van der Waals surface area (Å²) in [6.07, 6.45) is 9.66. The van der Waals surface area contributed by atoms with Gasteiger partial charge in [-0.25, -0.2) is 0 Å². The maximum atomic E-state index is 2.43. The summed E-state index contributed by atoms with van der Waals surface area (Å²) in [7, 11) is 0. The van der Waals surface area contributed by atoms with E-state index in [0.29, 0.717) is 5.92 Å². The maximum Gasteiger partial charge on any atom is -0.00302 e. The summed E-state index contributed by atoms with van der Waals surface area (Å²) in [6.45, 7) is 6.93. The Morgan fingerprint density at radius 2 is 1.42 bits per heavy atom. The number of hydrogen-bond acceptors (Lipinski definition) is 0. The molecule has 0 radical (unpaired) electrons. The molecule has 0 saturated heterocycles. The van der Waals surface area contributed by atoms with Crippen molar-refractivity contribution in [2.24, 2.45) is 29.6 Å². The molecule has 2 aliphatic rings. The average Bonchev–Trinajstić information content (AvgIpc) is 2.67. The highest BCUT2D eigenvalue weighted by Gasteiger charge is 2.43. The molecule has 0 nitrogen and oxygen atoms in total. The molecule has 0 bridgehead atoms. The molecule has 2 unspecified atom stereocenters. The predicted octanol–water partition coefficient (Wildman–Crippen LogP) is 3.27. The van der Waals surface area contributed by atoms with Gasteiger partial charge in [0.05, 0.1) is 0 Å². The molecule has 4 atom stereocenters. The number of rotatable bonds is 1. The molecule has 66 valence electrons. The van der Waals surface area contributed by atoms with Crippen molar-refractivity contribution in [1.82, 2.24) is 0 Å². The second-order valence-electron chi connectivity index (χ2n) is 4.60. The molecule has 0 aliphatic heterocycles. The number of hydrogen-bond donors (Lipinski definition) is 0. The highest BCUT2D eigenvalue weighted by molar-refractivity contribution is 5.21. The Labute approximate surface area is 75.4 Å². The summed E-state index contributed by atoms with van der Waals surface area (Å²) in [4.78, 5) is 0. The van der Waals surface area contributed by atoms with Crippen molar-refractivity contribution in [3.63, 3.8) is 0 Å². The van der Waals surface area contributed by atoms with E-state index in [2.05, 4.69) is 45.1 Å². The van der Waals surface area contributed by atoms with Crippen LogP contribution in [-0.2, 0) is 0 Å². The van der Waals surface area contributed by atoms with Crippen LogP contribution in [0.25, 0.3) is 0 Å². The lowest BCUT2D eigenvalue weighted by Crippen LogP contribution is -2.01. The van der Waals surface area contributed by atoms with Crippen LogP contribution < -0.4 is 0 Å². The summed E-state index contributed by atoms with van der Waals surface area (Å²) in [5.41, 5.74) is 0. The monoisotopic (exact) mass is 162 g/mol. The molecule has 0 heteroatoms. The molecule has 2 aliphatic carbocycles. The second kappa shape index (κ2) is 2.76. The third-order valence-corrected chi connectivity index (χ3v) is 3.40. The largest absolute Gasteiger partial charge is 0.0839 e. The van der Waals surface area contributed by atoms with E-state index in [-0.39, 0.29) is 0 Å². The van der Waals surface area contributed by atoms with Gasteiger partial charge < -0.3 is 0 Å². The SMILES string of the molecule is CC(C)C1C=C[C@@H]2C(C)[C@@H]2C=C1. The van der Waals surface area contributed by atoms with E-state index < -0.39 is 0 Å². The van der Waals surface area contributed by atoms with E-state index in [1.54, 1.807) is 0 Å². The first kappa shape index (κ1) is 8.10. The van der Waals surface area contributed by atoms with E-state index in [1.165, 1.54) is 0 Å². The van der Waals surface area contributed by atoms with Crippen LogP contribution >= 0.6 is 0 Å². The fourth-order valence-corrected chi connectivity index (χ4v) is 2.15. The summed E-state index contributed by atoms with van der Waals surface area (Å²) in [5, 5.41) is 0. The van der Waals surface area contributed by atoms with E-state index in [9.17, 15) is 0 Å². The van der Waals surface area contributed by atoms with Crippen LogP contribution in [-0.4, -0.2) is 0 Å². The zero-order valence-electron chi connectivity index (χ0n) is 8.20. The van der Waals surface area contributed by atoms with E-state index in [1.807, 2.05) is 0 Å². The topological polar surface area (TPSA) is 0 Å². The Hall–Kier alpha value is -0.520. The third kappa shape index (κ3) is 1.24. The Balaban J connectivity index is 2.08. The molecule has 0 heterocycles. The van der Waals surface area contributed by atoms with E-state index in [4.69, 9.17) is 0 Å². The molecule has 0 spiro atoms. The number of allylic oxidation sites excluding steroid dienone is 4. The Kier molecular flexibility index (Phi) is 1.86. The minimum atomic E-state index is 0.685. The molecular formula is C12H18. The second-order valence-corrected chi connectivity index (χ2v) is 4.60. The predicted molar refractivity (Wildman–Crippen MR) is 52.8 cm³/mol. The van der Waals surface area contributed by atoms with Crippen molar-refractivity contribution in [3.05, 3.63) is 24.3 Å². The minimum Gasteiger partial charge on any atom is -0.0839 e. The minimum absolute atomic E-state index is 0.685. The van der Waals surface area contributed by atoms with Crippen LogP contribution in [0.5, 0.6) is 0 Å². The molecule has 0 amide bonds. The molecule has 1 saturated carbocycles. The van der Waals surface area contributed by atoms with Gasteiger partial charge in [-0.1, -0.05) is 45.1 Å². The summed E-state index contributed by atoms with van der Waals surface area (Å²) in [5.74, 6) is 4.08. The fraction of sp³-hybridized carbons (Fsp3) is 0.667. The van der Waals surface area contributed by atoms with Crippen molar-refractivity contribution >= 4 is 0 Å². The lowest BCUT2D eigenvalue weighted by molar-refractivity contribution is 0.548. The summed E-state index contributed by atoms with van der Waals surface area (Å²) >= 11 is 0. The van der Waals surface area contributed by atoms with Crippen LogP contribution in [0.2, 0.25) is 0 Å². The van der Waals surface area contributed by atoms with Crippen molar-refractivity contribution in [1.29, 1.82) is 0 Å². The average molecular weight is 162 g/mol. The van der Waals surface area contributed by atoms with Gasteiger partial charge in [0.15, 0.2) is 0 Å². The molecule has 2 rings (SSSR count). The lowest BCUT2D eigenvalue weighted by atomic mass is 9.95. The fourth-order valence-electron chi connectivity index (χ4n) is 2.15. The molecule has 0 N–H and O–H groups in total. The normalized spacial score (nSPS) is 44.3. The van der Waals surface area contributed by atoms with Gasteiger partial charge in [-0.05, 0) is 29.6 Å². The van der Waals surface area contributed by atoms with E-state index in [0.717, 1.165) is 23.7 Å². The van der Waals surface area contributed by atoms with Gasteiger partial charge in [0, 0.05) is 0 Å². The molecule has 0 aromatic rings. The quantitative estimate of drug-likeness (QED) is 0.519. The summed E-state index contributed by atoms with van der Waals surface area (Å²) in [6, 6.07) is 0. The first-order chi connectivity index (χ1) is 5.70. The van der Waals surface area contributed by atoms with Crippen molar-refractivity contribution in [3.8, 4) is 0 Å². The van der Waals surface area contributed by atoms with Gasteiger partial charge in [-0.2, -0.15) is 0 Å². The van der Waals surface area contributed by atoms with Gasteiger partial charge in [-0.15, -0.1) is 0 Å². The standard InChI is InChI=1S/C12H18/c1-8(2)10-4-6-11-9(3)12(11)7-5-10/h4-12H,1-3H3/t9?,10?,11-,12+. The zero-order chi connectivity index (χ0) is 8.72. The highest BCUT2D eigenvalue weighted by Crippen LogP contribution is 2.49. The van der Waals surface area contributed by atoms with Crippen LogP contribution in [0.4, 0.5) is 0 Å². The highest BCUT2D eigenvalue weighted by atomic mass is 14.5. The van der Waals surface area contributed by atoms with Crippen LogP contribution in [0.15, 0.2) is 24.3 Å². The zero-order valence-corrected chi connectivity index (χ0v) is 8.20. The number of fused-ring (bicyclic) bond motifs is 1. The first-order valence-electron chi connectivity index (χ1n) is 5.07. The molecule has 0 aromatic carbocycles. The molecule has 1 fully saturated rings. The van der Waals surface area contributed by atoms with Crippen molar-refractivity contribution < 1.29 is 0 Å². The smallest absolute Gasteiger partial charge is 0.00302 e. The van der Waals surface area contributed by atoms with Gasteiger partial charge in [0.2, 0.25) is 0 Å². The van der Waals surface area contributed by atoms with E-state index >= 15 is 0 Å². The van der Waals surface area contributed by atoms with Gasteiger partial charge in [-0.3, -0.25) is 0 Å². The first-order valence-corrected chi connectivity index (χ1v) is 5.07. The third-order valence-electron chi connectivity index (χ3n) is 3.40. The van der Waals surface area contributed by atoms with Crippen LogP contribution in [0, 0.1) is 29.6 Å². The molecule has 12 heavy (non-hydrogen) atoms.